The highest BCUT2D eigenvalue weighted by Crippen LogP contribution is 2.67. The van der Waals surface area contributed by atoms with E-state index in [1.165, 1.54) is 0 Å². The van der Waals surface area contributed by atoms with Gasteiger partial charge in [0.15, 0.2) is 0 Å². The molecule has 3 saturated carbocycles. The highest BCUT2D eigenvalue weighted by Gasteiger charge is 2.62. The van der Waals surface area contributed by atoms with Crippen LogP contribution >= 0.6 is 0 Å². The Morgan fingerprint density at radius 3 is 2.11 bits per heavy atom. The predicted molar refractivity (Wildman–Crippen MR) is 143 cm³/mol. The molecule has 0 aromatic rings. The summed E-state index contributed by atoms with van der Waals surface area (Å²) >= 11 is 0. The van der Waals surface area contributed by atoms with Crippen molar-refractivity contribution in [2.45, 2.75) is 138 Å². The fourth-order valence-electron chi connectivity index (χ4n) is 8.71. The number of aliphatic carboxylic acids is 1. The second kappa shape index (κ2) is 9.89. The van der Waals surface area contributed by atoms with Crippen LogP contribution in [0.3, 0.4) is 0 Å². The van der Waals surface area contributed by atoms with E-state index in [4.69, 9.17) is 4.74 Å². The van der Waals surface area contributed by atoms with Crippen LogP contribution in [-0.2, 0) is 14.3 Å². The van der Waals surface area contributed by atoms with E-state index in [1.807, 2.05) is 6.92 Å². The SMILES string of the molecule is CC(C)(C)CC(C(=O)OC1CC[C@@]2(C)C(CC[C@]3(C)C2CC[C@](C)(O)C3CCC(=O)O)C1)C(C)(C)C. The lowest BCUT2D eigenvalue weighted by Crippen LogP contribution is -2.61. The summed E-state index contributed by atoms with van der Waals surface area (Å²) < 4.78 is 6.26. The van der Waals surface area contributed by atoms with Crippen LogP contribution in [-0.4, -0.2) is 33.9 Å². The van der Waals surface area contributed by atoms with Crippen LogP contribution in [0.4, 0.5) is 0 Å². The van der Waals surface area contributed by atoms with Gasteiger partial charge in [-0.2, -0.15) is 0 Å². The van der Waals surface area contributed by atoms with Crippen LogP contribution in [0.15, 0.2) is 0 Å². The van der Waals surface area contributed by atoms with Crippen LogP contribution in [0.5, 0.6) is 0 Å². The van der Waals surface area contributed by atoms with E-state index in [0.717, 1.165) is 51.4 Å². The first kappa shape index (κ1) is 29.5. The molecule has 0 aliphatic heterocycles. The number of aliphatic hydroxyl groups is 1. The van der Waals surface area contributed by atoms with Gasteiger partial charge in [-0.1, -0.05) is 55.4 Å². The first-order valence-electron chi connectivity index (χ1n) is 14.4. The predicted octanol–water partition coefficient (Wildman–Crippen LogP) is 7.25. The summed E-state index contributed by atoms with van der Waals surface area (Å²) in [5.41, 5.74) is -0.802. The normalized spacial score (nSPS) is 40.1. The summed E-state index contributed by atoms with van der Waals surface area (Å²) in [5.74, 6) is 0.0330. The maximum absolute atomic E-state index is 13.4. The topological polar surface area (TPSA) is 83.8 Å². The molecular weight excluding hydrogens is 452 g/mol. The Morgan fingerprint density at radius 2 is 1.56 bits per heavy atom. The van der Waals surface area contributed by atoms with Crippen molar-refractivity contribution in [3.05, 3.63) is 0 Å². The van der Waals surface area contributed by atoms with Gasteiger partial charge < -0.3 is 14.9 Å². The first-order valence-corrected chi connectivity index (χ1v) is 14.4. The van der Waals surface area contributed by atoms with Crippen molar-refractivity contribution in [3.8, 4) is 0 Å². The summed E-state index contributed by atoms with van der Waals surface area (Å²) in [6.07, 6.45) is 8.11. The summed E-state index contributed by atoms with van der Waals surface area (Å²) in [6, 6.07) is 0. The first-order chi connectivity index (χ1) is 16.3. The molecule has 208 valence electrons. The summed E-state index contributed by atoms with van der Waals surface area (Å²) in [5, 5.41) is 20.7. The quantitative estimate of drug-likeness (QED) is 0.371. The van der Waals surface area contributed by atoms with Gasteiger partial charge >= 0.3 is 11.9 Å². The largest absolute Gasteiger partial charge is 0.481 e. The number of carbonyl (C=O) groups is 2. The van der Waals surface area contributed by atoms with Gasteiger partial charge in [-0.25, -0.2) is 0 Å². The molecule has 0 heterocycles. The van der Waals surface area contributed by atoms with Gasteiger partial charge in [0, 0.05) is 6.42 Å². The Balaban J connectivity index is 1.75. The van der Waals surface area contributed by atoms with Gasteiger partial charge in [0.25, 0.3) is 0 Å². The van der Waals surface area contributed by atoms with Crippen molar-refractivity contribution in [2.75, 3.05) is 0 Å². The Labute approximate surface area is 220 Å². The fourth-order valence-corrected chi connectivity index (χ4v) is 8.71. The highest BCUT2D eigenvalue weighted by molar-refractivity contribution is 5.73. The minimum atomic E-state index is -0.814. The van der Waals surface area contributed by atoms with Gasteiger partial charge in [0.1, 0.15) is 6.10 Å². The number of carboxylic acids is 1. The molecule has 0 saturated heterocycles. The minimum absolute atomic E-state index is 0.00174. The van der Waals surface area contributed by atoms with E-state index in [9.17, 15) is 19.8 Å². The molecule has 2 N–H and O–H groups in total. The Kier molecular flexibility index (Phi) is 8.10. The third-order valence-corrected chi connectivity index (χ3v) is 10.7. The Hall–Kier alpha value is -1.10. The molecule has 8 atom stereocenters. The molecular formula is C31H54O5. The second-order valence-corrected chi connectivity index (χ2v) is 15.7. The van der Waals surface area contributed by atoms with Crippen molar-refractivity contribution in [1.82, 2.24) is 0 Å². The maximum Gasteiger partial charge on any atom is 0.309 e. The van der Waals surface area contributed by atoms with E-state index in [2.05, 4.69) is 55.4 Å². The number of ether oxygens (including phenoxy) is 1. The molecule has 3 fully saturated rings. The summed E-state index contributed by atoms with van der Waals surface area (Å²) in [4.78, 5) is 24.8. The van der Waals surface area contributed by atoms with Crippen molar-refractivity contribution >= 4 is 11.9 Å². The number of carboxylic acid groups (broad SMARTS) is 1. The van der Waals surface area contributed by atoms with Gasteiger partial charge in [0.2, 0.25) is 0 Å². The minimum Gasteiger partial charge on any atom is -0.481 e. The zero-order chi connectivity index (χ0) is 27.3. The maximum atomic E-state index is 13.4. The number of fused-ring (bicyclic) bond motifs is 3. The van der Waals surface area contributed by atoms with E-state index in [-0.39, 0.29) is 52.0 Å². The van der Waals surface area contributed by atoms with Gasteiger partial charge in [-0.3, -0.25) is 9.59 Å². The highest BCUT2D eigenvalue weighted by atomic mass is 16.5. The summed E-state index contributed by atoms with van der Waals surface area (Å²) in [6.45, 7) is 19.7. The molecule has 3 aliphatic rings. The van der Waals surface area contributed by atoms with E-state index < -0.39 is 11.6 Å². The number of esters is 1. The molecule has 0 radical (unpaired) electrons. The molecule has 0 amide bonds. The molecule has 0 aromatic heterocycles. The lowest BCUT2D eigenvalue weighted by atomic mass is 9.40. The molecule has 0 bridgehead atoms. The molecule has 36 heavy (non-hydrogen) atoms. The Morgan fingerprint density at radius 1 is 0.944 bits per heavy atom. The van der Waals surface area contributed by atoms with Crippen molar-refractivity contribution < 1.29 is 24.5 Å². The average molecular weight is 507 g/mol. The molecule has 5 unspecified atom stereocenters. The second-order valence-electron chi connectivity index (χ2n) is 15.7. The van der Waals surface area contributed by atoms with Crippen molar-refractivity contribution in [3.63, 3.8) is 0 Å². The van der Waals surface area contributed by atoms with Crippen LogP contribution < -0.4 is 0 Å². The summed E-state index contributed by atoms with van der Waals surface area (Å²) in [7, 11) is 0. The molecule has 0 aromatic carbocycles. The lowest BCUT2D eigenvalue weighted by Gasteiger charge is -2.65. The van der Waals surface area contributed by atoms with Gasteiger partial charge in [-0.05, 0) is 104 Å². The van der Waals surface area contributed by atoms with E-state index >= 15 is 0 Å². The van der Waals surface area contributed by atoms with Gasteiger partial charge in [-0.15, -0.1) is 0 Å². The van der Waals surface area contributed by atoms with Crippen LogP contribution in [0.1, 0.15) is 127 Å². The van der Waals surface area contributed by atoms with Crippen LogP contribution in [0, 0.1) is 45.3 Å². The third kappa shape index (κ3) is 5.97. The van der Waals surface area contributed by atoms with E-state index in [0.29, 0.717) is 18.3 Å². The van der Waals surface area contributed by atoms with E-state index in [1.54, 1.807) is 0 Å². The van der Waals surface area contributed by atoms with Crippen molar-refractivity contribution in [1.29, 1.82) is 0 Å². The number of hydrogen-bond donors (Lipinski definition) is 2. The van der Waals surface area contributed by atoms with Crippen LogP contribution in [0.2, 0.25) is 0 Å². The fraction of sp³-hybridized carbons (Fsp3) is 0.935. The lowest BCUT2D eigenvalue weighted by molar-refractivity contribution is -0.205. The molecule has 5 heteroatoms. The number of hydrogen-bond acceptors (Lipinski definition) is 4. The average Bonchev–Trinajstić information content (AvgIpc) is 2.69. The monoisotopic (exact) mass is 506 g/mol. The zero-order valence-corrected chi connectivity index (χ0v) is 24.6. The van der Waals surface area contributed by atoms with Gasteiger partial charge in [0.05, 0.1) is 11.5 Å². The standard InChI is InChI=1S/C31H54O5/c1-27(2,3)19-22(28(4,5)6)26(34)36-21-13-16-29(7)20(18-21)12-15-30(8)23(29)14-17-31(9,35)24(30)10-11-25(32)33/h20-24,35H,10-19H2,1-9H3,(H,32,33)/t20?,21?,22?,23?,24?,29-,30+,31-/m0/s1. The molecule has 3 rings (SSSR count). The number of carbonyl (C=O) groups excluding carboxylic acids is 1. The molecule has 3 aliphatic carbocycles. The Bertz CT molecular complexity index is 818. The van der Waals surface area contributed by atoms with Crippen molar-refractivity contribution in [2.24, 2.45) is 45.3 Å². The molecule has 5 nitrogen and oxygen atoms in total. The third-order valence-electron chi connectivity index (χ3n) is 10.7. The van der Waals surface area contributed by atoms with Crippen LogP contribution in [0.25, 0.3) is 0 Å². The number of rotatable bonds is 6. The molecule has 0 spiro atoms. The smallest absolute Gasteiger partial charge is 0.309 e. The zero-order valence-electron chi connectivity index (χ0n) is 24.6.